The van der Waals surface area contributed by atoms with Crippen LogP contribution in [0.3, 0.4) is 0 Å². The number of unbranched alkanes of at least 4 members (excludes halogenated alkanes) is 5. The quantitative estimate of drug-likeness (QED) is 0.359. The lowest BCUT2D eigenvalue weighted by Crippen LogP contribution is -2.31. The van der Waals surface area contributed by atoms with Crippen LogP contribution >= 0.6 is 0 Å². The van der Waals surface area contributed by atoms with E-state index in [2.05, 4.69) is 13.5 Å². The van der Waals surface area contributed by atoms with E-state index in [4.69, 9.17) is 4.74 Å². The van der Waals surface area contributed by atoms with Gasteiger partial charge >= 0.3 is 5.97 Å². The Hall–Kier alpha value is -0.790. The van der Waals surface area contributed by atoms with Gasteiger partial charge in [0.1, 0.15) is 6.10 Å². The van der Waals surface area contributed by atoms with Gasteiger partial charge in [-0.3, -0.25) is 4.79 Å². The summed E-state index contributed by atoms with van der Waals surface area (Å²) in [5.74, 6) is 0.349. The molecule has 1 heterocycles. The molecule has 1 saturated heterocycles. The van der Waals surface area contributed by atoms with Crippen LogP contribution in [0, 0.1) is 5.92 Å². The first-order chi connectivity index (χ1) is 8.27. The molecular formula is C15H26O2. The maximum absolute atomic E-state index is 11.3. The molecule has 0 N–H and O–H groups in total. The van der Waals surface area contributed by atoms with Gasteiger partial charge in [-0.1, -0.05) is 45.1 Å². The largest absolute Gasteiger partial charge is 0.462 e. The zero-order valence-electron chi connectivity index (χ0n) is 11.1. The molecule has 98 valence electrons. The van der Waals surface area contributed by atoms with E-state index in [1.807, 2.05) is 6.08 Å². The molecule has 0 aromatic rings. The van der Waals surface area contributed by atoms with Crippen LogP contribution in [0.15, 0.2) is 12.7 Å². The van der Waals surface area contributed by atoms with E-state index in [1.165, 1.54) is 38.5 Å². The van der Waals surface area contributed by atoms with Gasteiger partial charge in [0.2, 0.25) is 0 Å². The van der Waals surface area contributed by atoms with Gasteiger partial charge in [-0.25, -0.2) is 0 Å². The van der Waals surface area contributed by atoms with E-state index in [0.717, 1.165) is 12.8 Å². The van der Waals surface area contributed by atoms with Crippen LogP contribution in [0.25, 0.3) is 0 Å². The normalized spacial score (nSPS) is 24.4. The van der Waals surface area contributed by atoms with Crippen molar-refractivity contribution in [3.8, 4) is 0 Å². The third-order valence-electron chi connectivity index (χ3n) is 3.59. The summed E-state index contributed by atoms with van der Waals surface area (Å²) in [6.07, 6.45) is 12.3. The van der Waals surface area contributed by atoms with E-state index >= 15 is 0 Å². The molecule has 0 spiro atoms. The molecule has 0 unspecified atom stereocenters. The van der Waals surface area contributed by atoms with Crippen LogP contribution in [0.1, 0.15) is 64.7 Å². The van der Waals surface area contributed by atoms with Crippen molar-refractivity contribution in [3.63, 3.8) is 0 Å². The molecule has 0 aliphatic carbocycles. The second kappa shape index (κ2) is 8.32. The maximum Gasteiger partial charge on any atom is 0.306 e. The Morgan fingerprint density at radius 3 is 2.71 bits per heavy atom. The fourth-order valence-corrected chi connectivity index (χ4v) is 2.45. The average molecular weight is 238 g/mol. The van der Waals surface area contributed by atoms with Gasteiger partial charge in [-0.15, -0.1) is 6.58 Å². The van der Waals surface area contributed by atoms with Crippen molar-refractivity contribution in [2.45, 2.75) is 70.8 Å². The van der Waals surface area contributed by atoms with Crippen LogP contribution < -0.4 is 0 Å². The molecule has 0 aromatic carbocycles. The van der Waals surface area contributed by atoms with E-state index in [-0.39, 0.29) is 12.1 Å². The molecule has 0 radical (unpaired) electrons. The highest BCUT2D eigenvalue weighted by Gasteiger charge is 2.27. The highest BCUT2D eigenvalue weighted by Crippen LogP contribution is 2.26. The molecule has 17 heavy (non-hydrogen) atoms. The second-order valence-electron chi connectivity index (χ2n) is 5.02. The Labute approximate surface area is 105 Å². The first kappa shape index (κ1) is 14.3. The summed E-state index contributed by atoms with van der Waals surface area (Å²) in [6.45, 7) is 6.07. The monoisotopic (exact) mass is 238 g/mol. The molecule has 1 aliphatic rings. The first-order valence-corrected chi connectivity index (χ1v) is 7.10. The number of rotatable bonds is 8. The van der Waals surface area contributed by atoms with Crippen molar-refractivity contribution in [3.05, 3.63) is 12.7 Å². The molecule has 2 heteroatoms. The second-order valence-corrected chi connectivity index (χ2v) is 5.02. The number of carbonyl (C=O) groups excluding carboxylic acids is 1. The topological polar surface area (TPSA) is 26.3 Å². The van der Waals surface area contributed by atoms with Crippen LogP contribution in [-0.2, 0) is 9.53 Å². The Morgan fingerprint density at radius 1 is 1.29 bits per heavy atom. The van der Waals surface area contributed by atoms with Crippen molar-refractivity contribution in [1.82, 2.24) is 0 Å². The van der Waals surface area contributed by atoms with Gasteiger partial charge in [0.15, 0.2) is 0 Å². The molecule has 0 aromatic heterocycles. The van der Waals surface area contributed by atoms with Crippen molar-refractivity contribution in [2.24, 2.45) is 5.92 Å². The highest BCUT2D eigenvalue weighted by molar-refractivity contribution is 5.70. The molecule has 1 aliphatic heterocycles. The standard InChI is InChI=1S/C15H26O2/c1-3-5-6-7-8-9-10-14-13(4-2)11-12-15(16)17-14/h4,13-14H,2-3,5-12H2,1H3/t13-,14-/m1/s1. The minimum atomic E-state index is -0.0286. The molecule has 2 atom stereocenters. The van der Waals surface area contributed by atoms with Gasteiger partial charge in [0.25, 0.3) is 0 Å². The predicted octanol–water partition coefficient (Wildman–Crippen LogP) is 4.24. The molecule has 1 rings (SSSR count). The van der Waals surface area contributed by atoms with Crippen LogP contribution in [0.5, 0.6) is 0 Å². The van der Waals surface area contributed by atoms with Crippen molar-refractivity contribution in [1.29, 1.82) is 0 Å². The zero-order chi connectivity index (χ0) is 12.5. The number of hydrogen-bond donors (Lipinski definition) is 0. The maximum atomic E-state index is 11.3. The number of esters is 1. The van der Waals surface area contributed by atoms with E-state index in [1.54, 1.807) is 0 Å². The fraction of sp³-hybridized carbons (Fsp3) is 0.800. The van der Waals surface area contributed by atoms with Gasteiger partial charge in [-0.05, 0) is 19.3 Å². The van der Waals surface area contributed by atoms with Crippen LogP contribution in [0.4, 0.5) is 0 Å². The lowest BCUT2D eigenvalue weighted by atomic mass is 9.90. The van der Waals surface area contributed by atoms with Crippen molar-refractivity contribution >= 4 is 5.97 Å². The number of cyclic esters (lactones) is 1. The third kappa shape index (κ3) is 5.38. The Kier molecular flexibility index (Phi) is 6.99. The lowest BCUT2D eigenvalue weighted by Gasteiger charge is -2.29. The van der Waals surface area contributed by atoms with Gasteiger partial charge in [-0.2, -0.15) is 0 Å². The summed E-state index contributed by atoms with van der Waals surface area (Å²) >= 11 is 0. The summed E-state index contributed by atoms with van der Waals surface area (Å²) in [6, 6.07) is 0. The van der Waals surface area contributed by atoms with Crippen LogP contribution in [-0.4, -0.2) is 12.1 Å². The first-order valence-electron chi connectivity index (χ1n) is 7.10. The molecule has 2 nitrogen and oxygen atoms in total. The smallest absolute Gasteiger partial charge is 0.306 e. The lowest BCUT2D eigenvalue weighted by molar-refractivity contribution is -0.157. The van der Waals surface area contributed by atoms with Gasteiger partial charge in [0, 0.05) is 12.3 Å². The van der Waals surface area contributed by atoms with Crippen molar-refractivity contribution in [2.75, 3.05) is 0 Å². The fourth-order valence-electron chi connectivity index (χ4n) is 2.45. The molecule has 0 bridgehead atoms. The Morgan fingerprint density at radius 2 is 2.00 bits per heavy atom. The summed E-state index contributed by atoms with van der Waals surface area (Å²) in [7, 11) is 0. The minimum Gasteiger partial charge on any atom is -0.462 e. The Balaban J connectivity index is 2.14. The molecule has 0 amide bonds. The zero-order valence-corrected chi connectivity index (χ0v) is 11.1. The van der Waals surface area contributed by atoms with Gasteiger partial charge < -0.3 is 4.74 Å². The van der Waals surface area contributed by atoms with E-state index in [9.17, 15) is 4.79 Å². The summed E-state index contributed by atoms with van der Waals surface area (Å²) < 4.78 is 5.41. The summed E-state index contributed by atoms with van der Waals surface area (Å²) in [5, 5.41) is 0. The molecule has 1 fully saturated rings. The predicted molar refractivity (Wildman–Crippen MR) is 70.8 cm³/mol. The SMILES string of the molecule is C=C[C@@H]1CCC(=O)O[C@@H]1CCCCCCCC. The van der Waals surface area contributed by atoms with E-state index < -0.39 is 0 Å². The molecule has 0 saturated carbocycles. The number of carbonyl (C=O) groups is 1. The minimum absolute atomic E-state index is 0.0286. The summed E-state index contributed by atoms with van der Waals surface area (Å²) in [4.78, 5) is 11.3. The Bertz CT molecular complexity index is 235. The van der Waals surface area contributed by atoms with E-state index in [0.29, 0.717) is 12.3 Å². The summed E-state index contributed by atoms with van der Waals surface area (Å²) in [5.41, 5.74) is 0. The molecular weight excluding hydrogens is 212 g/mol. The highest BCUT2D eigenvalue weighted by atomic mass is 16.5. The van der Waals surface area contributed by atoms with Crippen LogP contribution in [0.2, 0.25) is 0 Å². The van der Waals surface area contributed by atoms with Crippen molar-refractivity contribution < 1.29 is 9.53 Å². The number of hydrogen-bond acceptors (Lipinski definition) is 2. The number of ether oxygens (including phenoxy) is 1. The average Bonchev–Trinajstić information content (AvgIpc) is 2.34. The van der Waals surface area contributed by atoms with Gasteiger partial charge in [0.05, 0.1) is 0 Å². The third-order valence-corrected chi connectivity index (χ3v) is 3.59.